The van der Waals surface area contributed by atoms with Crippen LogP contribution >= 0.6 is 35.2 Å². The number of carbonyl (C=O) groups excluding carboxylic acids is 2. The fourth-order valence-corrected chi connectivity index (χ4v) is 3.64. The number of halogens is 1. The topological polar surface area (TPSA) is 83.1 Å². The minimum Gasteiger partial charge on any atom is -0.326 e. The molecule has 1 heterocycles. The number of nitrogens with one attached hydrogen (secondary N) is 3. The van der Waals surface area contributed by atoms with Crippen molar-refractivity contribution in [2.75, 3.05) is 10.6 Å². The van der Waals surface area contributed by atoms with Crippen LogP contribution in [0.4, 0.5) is 10.8 Å². The van der Waals surface area contributed by atoms with Gasteiger partial charge in [-0.2, -0.15) is 0 Å². The van der Waals surface area contributed by atoms with Crippen molar-refractivity contribution in [3.63, 3.8) is 0 Å². The number of nitrogens with zero attached hydrogens (tertiary/aromatic N) is 1. The van der Waals surface area contributed by atoms with E-state index in [1.54, 1.807) is 30.3 Å². The number of amides is 2. The lowest BCUT2D eigenvalue weighted by molar-refractivity contribution is -0.114. The van der Waals surface area contributed by atoms with Gasteiger partial charge < -0.3 is 10.6 Å². The molecule has 3 aromatic rings. The van der Waals surface area contributed by atoms with Crippen LogP contribution in [0.5, 0.6) is 0 Å². The first-order chi connectivity index (χ1) is 12.8. The van der Waals surface area contributed by atoms with E-state index >= 15 is 0 Å². The van der Waals surface area contributed by atoms with E-state index in [1.807, 2.05) is 13.0 Å². The Morgan fingerprint density at radius 1 is 1.15 bits per heavy atom. The van der Waals surface area contributed by atoms with Crippen LogP contribution in [0.15, 0.2) is 36.4 Å². The van der Waals surface area contributed by atoms with Crippen LogP contribution in [0, 0.1) is 6.92 Å². The van der Waals surface area contributed by atoms with Crippen molar-refractivity contribution in [1.29, 1.82) is 0 Å². The van der Waals surface area contributed by atoms with Crippen LogP contribution in [0.1, 0.15) is 22.8 Å². The summed E-state index contributed by atoms with van der Waals surface area (Å²) in [6.07, 6.45) is 0. The normalized spacial score (nSPS) is 10.5. The van der Waals surface area contributed by atoms with E-state index in [9.17, 15) is 9.59 Å². The van der Waals surface area contributed by atoms with Gasteiger partial charge in [0.05, 0.1) is 10.2 Å². The second-order valence-corrected chi connectivity index (χ2v) is 7.60. The van der Waals surface area contributed by atoms with Crippen molar-refractivity contribution in [3.8, 4) is 0 Å². The van der Waals surface area contributed by atoms with E-state index in [0.717, 1.165) is 15.8 Å². The molecule has 0 radical (unpaired) electrons. The molecule has 27 heavy (non-hydrogen) atoms. The summed E-state index contributed by atoms with van der Waals surface area (Å²) in [7, 11) is 0. The van der Waals surface area contributed by atoms with Crippen LogP contribution in [-0.2, 0) is 4.79 Å². The Morgan fingerprint density at radius 2 is 1.93 bits per heavy atom. The molecule has 0 aliphatic rings. The molecule has 0 aliphatic carbocycles. The second kappa shape index (κ2) is 7.99. The predicted octanol–water partition coefficient (Wildman–Crippen LogP) is 4.34. The summed E-state index contributed by atoms with van der Waals surface area (Å²) in [6, 6.07) is 10.5. The molecule has 3 N–H and O–H groups in total. The third-order valence-corrected chi connectivity index (χ3v) is 5.14. The van der Waals surface area contributed by atoms with Gasteiger partial charge in [0.2, 0.25) is 5.91 Å². The first kappa shape index (κ1) is 19.2. The smallest absolute Gasteiger partial charge is 0.257 e. The molecule has 0 bridgehead atoms. The minimum absolute atomic E-state index is 0.137. The molecule has 2 aromatic carbocycles. The maximum atomic E-state index is 12.3. The zero-order chi connectivity index (χ0) is 19.6. The van der Waals surface area contributed by atoms with Gasteiger partial charge in [0.15, 0.2) is 10.2 Å². The molecule has 0 fully saturated rings. The number of benzene rings is 2. The molecule has 0 aliphatic heterocycles. The van der Waals surface area contributed by atoms with E-state index in [1.165, 1.54) is 18.3 Å². The monoisotopic (exact) mass is 418 g/mol. The van der Waals surface area contributed by atoms with Crippen molar-refractivity contribution < 1.29 is 9.59 Å². The summed E-state index contributed by atoms with van der Waals surface area (Å²) in [5.74, 6) is -0.499. The molecule has 6 nitrogen and oxygen atoms in total. The predicted molar refractivity (Wildman–Crippen MR) is 114 cm³/mol. The van der Waals surface area contributed by atoms with Crippen molar-refractivity contribution in [2.45, 2.75) is 13.8 Å². The fourth-order valence-electron chi connectivity index (χ4n) is 2.30. The van der Waals surface area contributed by atoms with Crippen LogP contribution in [0.3, 0.4) is 0 Å². The molecule has 3 rings (SSSR count). The van der Waals surface area contributed by atoms with E-state index in [4.69, 9.17) is 23.8 Å². The Labute approximate surface area is 169 Å². The Morgan fingerprint density at radius 3 is 2.63 bits per heavy atom. The molecular formula is C18H15ClN4O2S2. The number of anilines is 2. The number of rotatable bonds is 3. The summed E-state index contributed by atoms with van der Waals surface area (Å²) in [5.41, 5.74) is 2.76. The summed E-state index contributed by atoms with van der Waals surface area (Å²) in [5, 5.41) is 9.43. The highest BCUT2D eigenvalue weighted by Gasteiger charge is 2.11. The zero-order valence-corrected chi connectivity index (χ0v) is 16.8. The summed E-state index contributed by atoms with van der Waals surface area (Å²) < 4.78 is 0.878. The number of thiocarbonyl (C=S) groups is 1. The zero-order valence-electron chi connectivity index (χ0n) is 14.4. The lowest BCUT2D eigenvalue weighted by atomic mass is 10.1. The van der Waals surface area contributed by atoms with Gasteiger partial charge in [-0.15, -0.1) is 0 Å². The molecule has 138 valence electrons. The molecular weight excluding hydrogens is 404 g/mol. The van der Waals surface area contributed by atoms with Gasteiger partial charge in [0.25, 0.3) is 5.91 Å². The second-order valence-electron chi connectivity index (χ2n) is 5.75. The van der Waals surface area contributed by atoms with Crippen molar-refractivity contribution in [2.24, 2.45) is 0 Å². The van der Waals surface area contributed by atoms with E-state index < -0.39 is 0 Å². The van der Waals surface area contributed by atoms with Gasteiger partial charge in [-0.25, -0.2) is 4.98 Å². The maximum Gasteiger partial charge on any atom is 0.257 e. The maximum absolute atomic E-state index is 12.3. The van der Waals surface area contributed by atoms with Gasteiger partial charge in [0, 0.05) is 23.2 Å². The quantitative estimate of drug-likeness (QED) is 0.551. The lowest BCUT2D eigenvalue weighted by Gasteiger charge is -2.08. The molecule has 0 spiro atoms. The Hall–Kier alpha value is -2.55. The van der Waals surface area contributed by atoms with E-state index in [0.29, 0.717) is 21.4 Å². The van der Waals surface area contributed by atoms with Crippen LogP contribution < -0.4 is 16.0 Å². The first-order valence-electron chi connectivity index (χ1n) is 7.88. The summed E-state index contributed by atoms with van der Waals surface area (Å²) >= 11 is 12.6. The lowest BCUT2D eigenvalue weighted by Crippen LogP contribution is -2.34. The van der Waals surface area contributed by atoms with Gasteiger partial charge in [-0.1, -0.05) is 29.0 Å². The Kier molecular flexibility index (Phi) is 5.69. The number of hydrogen-bond acceptors (Lipinski definition) is 5. The van der Waals surface area contributed by atoms with Gasteiger partial charge in [-0.05, 0) is 55.0 Å². The highest BCUT2D eigenvalue weighted by atomic mass is 35.5. The molecule has 0 saturated heterocycles. The Balaban J connectivity index is 1.68. The largest absolute Gasteiger partial charge is 0.326 e. The number of aryl methyl sites for hydroxylation is 1. The molecule has 0 atom stereocenters. The van der Waals surface area contributed by atoms with Gasteiger partial charge in [-0.3, -0.25) is 14.9 Å². The van der Waals surface area contributed by atoms with Gasteiger partial charge in [0.1, 0.15) is 0 Å². The van der Waals surface area contributed by atoms with E-state index in [2.05, 4.69) is 20.9 Å². The minimum atomic E-state index is -0.358. The highest BCUT2D eigenvalue weighted by molar-refractivity contribution is 7.80. The summed E-state index contributed by atoms with van der Waals surface area (Å²) in [6.45, 7) is 3.31. The van der Waals surface area contributed by atoms with Crippen molar-refractivity contribution >= 4 is 73.1 Å². The molecule has 1 aromatic heterocycles. The number of hydrogen-bond donors (Lipinski definition) is 3. The SMILES string of the molecule is CC(=O)Nc1ccc2nc(NC(=S)NC(=O)c3ccc(C)c(Cl)c3)sc2c1. The molecule has 2 amide bonds. The Bertz CT molecular complexity index is 1060. The molecule has 9 heteroatoms. The summed E-state index contributed by atoms with van der Waals surface area (Å²) in [4.78, 5) is 27.8. The third kappa shape index (κ3) is 4.79. The number of thiazole rings is 1. The fraction of sp³-hybridized carbons (Fsp3) is 0.111. The standard InChI is InChI=1S/C18H15ClN4O2S2/c1-9-3-4-11(7-13(9)19)16(25)22-17(26)23-18-21-14-6-5-12(20-10(2)24)8-15(14)27-18/h3-8H,1-2H3,(H,20,24)(H2,21,22,23,25,26). The van der Waals surface area contributed by atoms with Gasteiger partial charge >= 0.3 is 0 Å². The van der Waals surface area contributed by atoms with Crippen LogP contribution in [-0.4, -0.2) is 21.9 Å². The number of carbonyl (C=O) groups is 2. The van der Waals surface area contributed by atoms with E-state index in [-0.39, 0.29) is 16.9 Å². The molecule has 0 unspecified atom stereocenters. The van der Waals surface area contributed by atoms with Crippen molar-refractivity contribution in [3.05, 3.63) is 52.5 Å². The average molecular weight is 419 g/mol. The third-order valence-electron chi connectivity index (χ3n) is 3.59. The molecule has 0 saturated carbocycles. The van der Waals surface area contributed by atoms with Crippen LogP contribution in [0.25, 0.3) is 10.2 Å². The average Bonchev–Trinajstić information content (AvgIpc) is 2.97. The highest BCUT2D eigenvalue weighted by Crippen LogP contribution is 2.28. The van der Waals surface area contributed by atoms with Crippen LogP contribution in [0.2, 0.25) is 5.02 Å². The number of aromatic nitrogens is 1. The first-order valence-corrected chi connectivity index (χ1v) is 9.49. The van der Waals surface area contributed by atoms with Crippen molar-refractivity contribution in [1.82, 2.24) is 10.3 Å². The number of fused-ring (bicyclic) bond motifs is 1.